The Labute approximate surface area is 96.0 Å². The molecular weight excluding hydrogens is 200 g/mol. The number of hydrogen-bond donors (Lipinski definition) is 1. The summed E-state index contributed by atoms with van der Waals surface area (Å²) in [4.78, 5) is 0. The Morgan fingerprint density at radius 1 is 1.44 bits per heavy atom. The summed E-state index contributed by atoms with van der Waals surface area (Å²) in [6.07, 6.45) is 1.54. The summed E-state index contributed by atoms with van der Waals surface area (Å²) in [5.74, 6) is 0. The van der Waals surface area contributed by atoms with E-state index >= 15 is 0 Å². The maximum absolute atomic E-state index is 8.85. The van der Waals surface area contributed by atoms with E-state index in [2.05, 4.69) is 23.5 Å². The van der Waals surface area contributed by atoms with Crippen molar-refractivity contribution in [1.29, 1.82) is 5.26 Å². The molecule has 84 valence electrons. The van der Waals surface area contributed by atoms with Gasteiger partial charge in [-0.05, 0) is 12.0 Å². The minimum Gasteiger partial charge on any atom is -0.380 e. The van der Waals surface area contributed by atoms with E-state index in [9.17, 15) is 0 Å². The summed E-state index contributed by atoms with van der Waals surface area (Å²) in [5, 5.41) is 12.3. The second kappa shape index (κ2) is 5.64. The monoisotopic (exact) mass is 216 g/mol. The summed E-state index contributed by atoms with van der Waals surface area (Å²) >= 11 is 0. The lowest BCUT2D eigenvalue weighted by atomic mass is 10.0. The zero-order chi connectivity index (χ0) is 11.2. The molecule has 0 spiro atoms. The molecule has 1 saturated heterocycles. The lowest BCUT2D eigenvalue weighted by Crippen LogP contribution is -2.33. The van der Waals surface area contributed by atoms with Crippen molar-refractivity contribution in [3.8, 4) is 6.07 Å². The van der Waals surface area contributed by atoms with Crippen LogP contribution < -0.4 is 5.32 Å². The molecule has 1 fully saturated rings. The highest BCUT2D eigenvalue weighted by Crippen LogP contribution is 2.18. The van der Waals surface area contributed by atoms with Gasteiger partial charge >= 0.3 is 0 Å². The molecule has 2 atom stereocenters. The highest BCUT2D eigenvalue weighted by Gasteiger charge is 2.20. The van der Waals surface area contributed by atoms with Crippen molar-refractivity contribution >= 4 is 0 Å². The number of rotatable bonds is 4. The molecule has 0 radical (unpaired) electrons. The van der Waals surface area contributed by atoms with E-state index < -0.39 is 0 Å². The molecule has 3 heteroatoms. The van der Waals surface area contributed by atoms with Gasteiger partial charge < -0.3 is 10.1 Å². The maximum atomic E-state index is 8.85. The lowest BCUT2D eigenvalue weighted by Gasteiger charge is -2.20. The minimum absolute atomic E-state index is 0.123. The van der Waals surface area contributed by atoms with Gasteiger partial charge in [0.05, 0.1) is 19.1 Å². The maximum Gasteiger partial charge on any atom is 0.0641 e. The van der Waals surface area contributed by atoms with Gasteiger partial charge in [0.25, 0.3) is 0 Å². The lowest BCUT2D eigenvalue weighted by molar-refractivity contribution is 0.188. The van der Waals surface area contributed by atoms with Crippen LogP contribution in [0.3, 0.4) is 0 Å². The molecule has 1 aliphatic heterocycles. The van der Waals surface area contributed by atoms with Crippen LogP contribution in [0.1, 0.15) is 24.4 Å². The number of nitriles is 1. The third-order valence-electron chi connectivity index (χ3n) is 2.86. The second-order valence-corrected chi connectivity index (χ2v) is 4.05. The smallest absolute Gasteiger partial charge is 0.0641 e. The van der Waals surface area contributed by atoms with Gasteiger partial charge in [0.15, 0.2) is 0 Å². The molecule has 0 bridgehead atoms. The summed E-state index contributed by atoms with van der Waals surface area (Å²) in [6, 6.07) is 12.9. The van der Waals surface area contributed by atoms with Crippen LogP contribution >= 0.6 is 0 Å². The molecule has 0 aliphatic carbocycles. The number of nitrogens with one attached hydrogen (secondary N) is 1. The van der Waals surface area contributed by atoms with Crippen LogP contribution in [0.4, 0.5) is 0 Å². The molecule has 1 N–H and O–H groups in total. The van der Waals surface area contributed by atoms with Gasteiger partial charge in [-0.1, -0.05) is 30.3 Å². The first-order chi connectivity index (χ1) is 7.90. The van der Waals surface area contributed by atoms with E-state index in [4.69, 9.17) is 10.00 Å². The zero-order valence-corrected chi connectivity index (χ0v) is 9.23. The Kier molecular flexibility index (Phi) is 3.92. The van der Waals surface area contributed by atoms with Crippen LogP contribution in [0.25, 0.3) is 0 Å². The summed E-state index contributed by atoms with van der Waals surface area (Å²) in [7, 11) is 0. The fraction of sp³-hybridized carbons (Fsp3) is 0.462. The molecule has 1 heterocycles. The molecule has 3 nitrogen and oxygen atoms in total. The van der Waals surface area contributed by atoms with Crippen molar-refractivity contribution in [3.63, 3.8) is 0 Å². The predicted octanol–water partition coefficient (Wildman–Crippen LogP) is 2.02. The van der Waals surface area contributed by atoms with Crippen molar-refractivity contribution in [2.45, 2.75) is 24.9 Å². The zero-order valence-electron chi connectivity index (χ0n) is 9.23. The average molecular weight is 216 g/mol. The van der Waals surface area contributed by atoms with Crippen LogP contribution in [0.5, 0.6) is 0 Å². The van der Waals surface area contributed by atoms with Crippen molar-refractivity contribution in [2.75, 3.05) is 13.2 Å². The van der Waals surface area contributed by atoms with E-state index in [1.165, 1.54) is 5.56 Å². The minimum atomic E-state index is 0.123. The Balaban J connectivity index is 2.02. The quantitative estimate of drug-likeness (QED) is 0.837. The fourth-order valence-corrected chi connectivity index (χ4v) is 2.00. The Hall–Kier alpha value is -1.37. The molecule has 1 aromatic carbocycles. The molecule has 16 heavy (non-hydrogen) atoms. The van der Waals surface area contributed by atoms with Crippen LogP contribution in [0, 0.1) is 11.3 Å². The van der Waals surface area contributed by atoms with Crippen molar-refractivity contribution < 1.29 is 4.74 Å². The third kappa shape index (κ3) is 2.82. The van der Waals surface area contributed by atoms with Gasteiger partial charge in [-0.3, -0.25) is 0 Å². The Bertz CT molecular complexity index is 352. The molecule has 0 saturated carbocycles. The van der Waals surface area contributed by atoms with Gasteiger partial charge in [-0.25, -0.2) is 0 Å². The highest BCUT2D eigenvalue weighted by atomic mass is 16.5. The number of hydrogen-bond acceptors (Lipinski definition) is 3. The van der Waals surface area contributed by atoms with Crippen LogP contribution in [-0.2, 0) is 4.74 Å². The Morgan fingerprint density at radius 3 is 2.88 bits per heavy atom. The SMILES string of the molecule is N#CCC(NC1CCOC1)c1ccccc1. The van der Waals surface area contributed by atoms with Gasteiger partial charge in [0.2, 0.25) is 0 Å². The van der Waals surface area contributed by atoms with Crippen molar-refractivity contribution in [3.05, 3.63) is 35.9 Å². The standard InChI is InChI=1S/C13H16N2O/c14-8-6-13(11-4-2-1-3-5-11)15-12-7-9-16-10-12/h1-5,12-13,15H,6-7,9-10H2. The third-order valence-corrected chi connectivity index (χ3v) is 2.86. The molecule has 1 aromatic rings. The topological polar surface area (TPSA) is 45.0 Å². The largest absolute Gasteiger partial charge is 0.380 e. The van der Waals surface area contributed by atoms with E-state index in [1.54, 1.807) is 0 Å². The van der Waals surface area contributed by atoms with Crippen molar-refractivity contribution in [2.24, 2.45) is 0 Å². The Morgan fingerprint density at radius 2 is 2.25 bits per heavy atom. The molecule has 1 aliphatic rings. The number of ether oxygens (including phenoxy) is 1. The van der Waals surface area contributed by atoms with Crippen molar-refractivity contribution in [1.82, 2.24) is 5.32 Å². The summed E-state index contributed by atoms with van der Waals surface area (Å²) in [5.41, 5.74) is 1.18. The van der Waals surface area contributed by atoms with E-state index in [0.717, 1.165) is 19.6 Å². The van der Waals surface area contributed by atoms with Gasteiger partial charge in [0.1, 0.15) is 0 Å². The second-order valence-electron chi connectivity index (χ2n) is 4.05. The van der Waals surface area contributed by atoms with E-state index in [1.807, 2.05) is 18.2 Å². The summed E-state index contributed by atoms with van der Waals surface area (Å²) in [6.45, 7) is 1.58. The molecular formula is C13H16N2O. The van der Waals surface area contributed by atoms with Crippen LogP contribution in [-0.4, -0.2) is 19.3 Å². The van der Waals surface area contributed by atoms with Gasteiger partial charge in [-0.2, -0.15) is 5.26 Å². The average Bonchev–Trinajstić information content (AvgIpc) is 2.83. The predicted molar refractivity (Wildman–Crippen MR) is 61.8 cm³/mol. The van der Waals surface area contributed by atoms with Crippen LogP contribution in [0.15, 0.2) is 30.3 Å². The first kappa shape index (κ1) is 11.1. The number of benzene rings is 1. The summed E-state index contributed by atoms with van der Waals surface area (Å²) < 4.78 is 5.33. The molecule has 2 rings (SSSR count). The highest BCUT2D eigenvalue weighted by molar-refractivity contribution is 5.20. The molecule has 2 unspecified atom stereocenters. The normalized spacial score (nSPS) is 21.6. The first-order valence-corrected chi connectivity index (χ1v) is 5.66. The van der Waals surface area contributed by atoms with Gasteiger partial charge in [-0.15, -0.1) is 0 Å². The van der Waals surface area contributed by atoms with Crippen LogP contribution in [0.2, 0.25) is 0 Å². The number of nitrogens with zero attached hydrogens (tertiary/aromatic N) is 1. The fourth-order valence-electron chi connectivity index (χ4n) is 2.00. The van der Waals surface area contributed by atoms with Gasteiger partial charge in [0, 0.05) is 18.7 Å². The molecule has 0 aromatic heterocycles. The van der Waals surface area contributed by atoms with E-state index in [-0.39, 0.29) is 6.04 Å². The van der Waals surface area contributed by atoms with E-state index in [0.29, 0.717) is 12.5 Å². The molecule has 0 amide bonds. The first-order valence-electron chi connectivity index (χ1n) is 5.66.